The third kappa shape index (κ3) is 24.4. The van der Waals surface area contributed by atoms with Crippen LogP contribution in [0.15, 0.2) is 249 Å². The largest absolute Gasteiger partial charge is 1.00 e. The first-order chi connectivity index (χ1) is 46.4. The van der Waals surface area contributed by atoms with Gasteiger partial charge < -0.3 is 40.3 Å². The third-order valence-corrected chi connectivity index (χ3v) is 41.2. The van der Waals surface area contributed by atoms with Crippen molar-refractivity contribution >= 4 is 64.5 Å². The van der Waals surface area contributed by atoms with E-state index in [4.69, 9.17) is 42.4 Å². The monoisotopic (exact) mass is 1530 g/mol. The summed E-state index contributed by atoms with van der Waals surface area (Å²) in [6.07, 6.45) is 17.5. The molecule has 0 spiro atoms. The molecule has 1 N–H and O–H groups in total. The number of aliphatic hydroxyl groups excluding tert-OH is 1. The van der Waals surface area contributed by atoms with Gasteiger partial charge in [-0.05, 0) is 90.3 Å². The Hall–Kier alpha value is -3.70. The molecule has 7 aromatic rings. The number of alkyl halides is 1. The molecule has 0 aromatic heterocycles. The molecule has 3 saturated heterocycles. The first kappa shape index (κ1) is 85.9. The number of hydrogen-bond acceptors (Lipinski definition) is 10. The molecule has 5 atom stereocenters. The van der Waals surface area contributed by atoms with Gasteiger partial charge in [0.25, 0.3) is 16.6 Å². The topological polar surface area (TPSA) is 111 Å². The van der Waals surface area contributed by atoms with Gasteiger partial charge in [-0.2, -0.15) is 0 Å². The van der Waals surface area contributed by atoms with Crippen LogP contribution in [0.3, 0.4) is 0 Å². The predicted molar refractivity (Wildman–Crippen MR) is 411 cm³/mol. The smallest absolute Gasteiger partial charge is 0.401 e. The summed E-state index contributed by atoms with van der Waals surface area (Å²) < 4.78 is 49.4. The molecule has 3 fully saturated rings. The van der Waals surface area contributed by atoms with Gasteiger partial charge in [0.15, 0.2) is 11.6 Å². The molecular formula is C84H113IKO10PSi2. The van der Waals surface area contributed by atoms with Crippen LogP contribution in [-0.4, -0.2) is 107 Å². The second kappa shape index (κ2) is 41.1. The quantitative estimate of drug-likeness (QED) is 0.00869. The minimum Gasteiger partial charge on any atom is -0.401 e. The standard InChI is InChI=1S/C29H40O3Si.C25H28IO2P.C22H28O2Si.C7H14O3.CH3.K/c1-7-24(17-11-8-12-18-25-23-30-29(5,6)31-25)32-33(28(2,3)4,26-19-13-9-14-20-26)27-21-15-10-16-22-27;1-25(2)27-20-21(28-25)18-19-26-29(22-12-6-3-7-13-22,23-14-8-4-9-15-23)24-16-10-5-11-17-24;1-5-19(13-12-18-23)24-25(22(2,3)4,20-14-8-6-9-15-20)21-16-10-7-11-17-21;1-7(2)9-5-6(10-7)3-4-8;;/h8-17,19-22,24-25H,7,18,23H2,1-6H3;3-17,21H,18-20H2,1-2H3;6-19H,5H2,1-4H3;6,8H,3-5H2,1-2H3;1H3;/q;;;;-1;+1/b12-8-,17-11+;;13-12+;;;/t24-,25-;21-;19-;6-;;/m1111../s1. The molecule has 530 valence electrons. The summed E-state index contributed by atoms with van der Waals surface area (Å²) in [4.78, 5) is 9.17. The van der Waals surface area contributed by atoms with Gasteiger partial charge in [-0.25, -0.2) is 0 Å². The number of aldehydes is 1. The second-order valence-electron chi connectivity index (χ2n) is 28.1. The Morgan fingerprint density at radius 3 is 1.07 bits per heavy atom. The molecule has 0 unspecified atom stereocenters. The first-order valence-corrected chi connectivity index (χ1v) is 44.5. The van der Waals surface area contributed by atoms with Crippen molar-refractivity contribution in [3.05, 3.63) is 256 Å². The molecule has 3 aliphatic heterocycles. The summed E-state index contributed by atoms with van der Waals surface area (Å²) in [5.74, 6) is -1.35. The summed E-state index contributed by atoms with van der Waals surface area (Å²) in [5.41, 5.74) is 0. The van der Waals surface area contributed by atoms with Crippen LogP contribution >= 0.6 is 4.90 Å². The van der Waals surface area contributed by atoms with E-state index in [-0.39, 0.29) is 127 Å². The van der Waals surface area contributed by atoms with Crippen molar-refractivity contribution in [3.63, 3.8) is 0 Å². The zero-order chi connectivity index (χ0) is 70.1. The van der Waals surface area contributed by atoms with Crippen LogP contribution in [0, 0.1) is 7.43 Å². The minimum absolute atomic E-state index is 0. The molecule has 10 nitrogen and oxygen atoms in total. The predicted octanol–water partition coefficient (Wildman–Crippen LogP) is 9.59. The van der Waals surface area contributed by atoms with Gasteiger partial charge in [0.2, 0.25) is 0 Å². The normalized spacial score (nSPS) is 18.8. The van der Waals surface area contributed by atoms with E-state index in [1.165, 1.54) is 41.1 Å². The second-order valence-corrected chi connectivity index (χ2v) is 47.0. The number of benzene rings is 7. The Balaban J connectivity index is 0.000000249. The van der Waals surface area contributed by atoms with Gasteiger partial charge in [-0.15, -0.1) is 0 Å². The number of carbonyl (C=O) groups is 1. The number of ether oxygens (including phenoxy) is 6. The minimum atomic E-state index is -2.55. The summed E-state index contributed by atoms with van der Waals surface area (Å²) >= 11 is -0.138. The van der Waals surface area contributed by atoms with Gasteiger partial charge in [0.05, 0.1) is 37.6 Å². The van der Waals surface area contributed by atoms with Crippen molar-refractivity contribution in [1.82, 2.24) is 0 Å². The molecule has 15 heteroatoms. The van der Waals surface area contributed by atoms with Crippen molar-refractivity contribution in [2.75, 3.05) is 30.9 Å². The maximum absolute atomic E-state index is 10.8. The summed E-state index contributed by atoms with van der Waals surface area (Å²) in [7, 11) is -5.10. The SMILES string of the molecule is CC1(C)OC[C@@H](CCO)O1.CC1(C)OC[C@@H](CC[I-][P+](c2ccccc2)(c2ccccc2)c2ccccc2)O1.CC[C@H](/C=C/C=C\C[C@@H]1COC(C)(C)O1)O[Si](c1ccccc1)(c1ccccc1)C(C)(C)C.CC[C@H](/C=C/C=O)O[Si](c1ccccc1)(c1ccccc1)C(C)(C)C.[CH3-].[K+]. The Labute approximate surface area is 651 Å². The maximum atomic E-state index is 10.8. The van der Waals surface area contributed by atoms with Crippen LogP contribution in [0.5, 0.6) is 0 Å². The summed E-state index contributed by atoms with van der Waals surface area (Å²) in [6.45, 7) is 31.9. The van der Waals surface area contributed by atoms with Crippen molar-refractivity contribution in [3.8, 4) is 0 Å². The molecule has 0 aliphatic carbocycles. The van der Waals surface area contributed by atoms with Crippen molar-refractivity contribution < 1.29 is 119 Å². The number of carbonyl (C=O) groups excluding carboxylic acids is 1. The van der Waals surface area contributed by atoms with E-state index in [0.29, 0.717) is 26.2 Å². The van der Waals surface area contributed by atoms with Gasteiger partial charge in [-0.3, -0.25) is 4.79 Å². The van der Waals surface area contributed by atoms with E-state index < -0.39 is 38.9 Å². The van der Waals surface area contributed by atoms with Gasteiger partial charge in [0.1, 0.15) is 6.29 Å². The van der Waals surface area contributed by atoms with E-state index in [1.54, 1.807) is 6.08 Å². The van der Waals surface area contributed by atoms with Crippen molar-refractivity contribution in [2.24, 2.45) is 0 Å². The Bertz CT molecular complexity index is 3290. The number of allylic oxidation sites excluding steroid dienone is 3. The van der Waals surface area contributed by atoms with Crippen molar-refractivity contribution in [1.29, 1.82) is 0 Å². The molecule has 0 saturated carbocycles. The Morgan fingerprint density at radius 2 is 0.788 bits per heavy atom. The van der Waals surface area contributed by atoms with E-state index in [9.17, 15) is 4.79 Å². The summed E-state index contributed by atoms with van der Waals surface area (Å²) in [5, 5.41) is 18.1. The van der Waals surface area contributed by atoms with Gasteiger partial charge in [-0.1, -0.05) is 207 Å². The molecule has 10 rings (SSSR count). The van der Waals surface area contributed by atoms with E-state index in [1.807, 2.05) is 59.8 Å². The molecule has 3 aliphatic rings. The number of rotatable bonds is 25. The number of aliphatic hydroxyl groups is 1. The van der Waals surface area contributed by atoms with E-state index >= 15 is 0 Å². The molecule has 99 heavy (non-hydrogen) atoms. The molecule has 0 amide bonds. The number of halogens is 1. The molecule has 7 aromatic carbocycles. The Kier molecular flexibility index (Phi) is 35.7. The van der Waals surface area contributed by atoms with Crippen LogP contribution < -0.4 is 109 Å². The van der Waals surface area contributed by atoms with Crippen LogP contribution in [0.2, 0.25) is 10.1 Å². The van der Waals surface area contributed by atoms with Crippen molar-refractivity contribution in [2.45, 2.75) is 187 Å². The summed E-state index contributed by atoms with van der Waals surface area (Å²) in [6, 6.07) is 76.3. The van der Waals surface area contributed by atoms with Gasteiger partial charge in [0, 0.05) is 6.61 Å². The zero-order valence-corrected chi connectivity index (χ0v) is 70.3. The third-order valence-electron chi connectivity index (χ3n) is 17.4. The van der Waals surface area contributed by atoms with Crippen LogP contribution in [0.25, 0.3) is 0 Å². The fourth-order valence-corrected chi connectivity index (χ4v) is 35.7. The zero-order valence-electron chi connectivity index (χ0n) is 62.2. The first-order valence-electron chi connectivity index (χ1n) is 34.6. The fraction of sp³-hybridized carbons (Fsp3) is 0.405. The average Bonchev–Trinajstić information content (AvgIpc) is 1.30. The van der Waals surface area contributed by atoms with E-state index in [0.717, 1.165) is 32.0 Å². The van der Waals surface area contributed by atoms with Crippen LogP contribution in [0.4, 0.5) is 0 Å². The average molecular weight is 1540 g/mol. The van der Waals surface area contributed by atoms with Gasteiger partial charge >= 0.3 is 237 Å². The Morgan fingerprint density at radius 1 is 0.485 bits per heavy atom. The molecule has 0 radical (unpaired) electrons. The molecular weight excluding hydrogens is 1420 g/mol. The van der Waals surface area contributed by atoms with Crippen LogP contribution in [0.1, 0.15) is 129 Å². The van der Waals surface area contributed by atoms with Crippen LogP contribution in [-0.2, 0) is 42.1 Å². The molecule has 0 bridgehead atoms. The fourth-order valence-electron chi connectivity index (χ4n) is 12.7. The van der Waals surface area contributed by atoms with E-state index in [2.05, 4.69) is 280 Å². The number of hydrogen-bond donors (Lipinski definition) is 1. The molecule has 3 heterocycles. The maximum Gasteiger partial charge on any atom is 1.00 e.